The fraction of sp³-hybridized carbons (Fsp3) is 0.133. The van der Waals surface area contributed by atoms with E-state index in [1.807, 2.05) is 35.2 Å². The molecule has 0 amide bonds. The van der Waals surface area contributed by atoms with Crippen LogP contribution < -0.4 is 10.6 Å². The van der Waals surface area contributed by atoms with Crippen molar-refractivity contribution in [3.8, 4) is 0 Å². The van der Waals surface area contributed by atoms with Crippen molar-refractivity contribution in [3.05, 3.63) is 64.4 Å². The van der Waals surface area contributed by atoms with Crippen LogP contribution in [0.25, 0.3) is 0 Å². The van der Waals surface area contributed by atoms with E-state index in [4.69, 9.17) is 5.73 Å². The van der Waals surface area contributed by atoms with Gasteiger partial charge in [0.15, 0.2) is 5.96 Å². The largest absolute Gasteiger partial charge is 0.369 e. The number of halogens is 2. The molecule has 5 heteroatoms. The first-order chi connectivity index (χ1) is 9.66. The van der Waals surface area contributed by atoms with Crippen LogP contribution in [0.3, 0.4) is 0 Å². The summed E-state index contributed by atoms with van der Waals surface area (Å²) in [5, 5.41) is 0. The molecule has 0 saturated carbocycles. The van der Waals surface area contributed by atoms with Crippen LogP contribution in [0.5, 0.6) is 0 Å². The first-order valence-corrected chi connectivity index (χ1v) is 7.05. The Labute approximate surface area is 125 Å². The number of para-hydroxylation sites is 1. The van der Waals surface area contributed by atoms with Crippen LogP contribution >= 0.6 is 15.9 Å². The molecule has 0 spiro atoms. The van der Waals surface area contributed by atoms with Gasteiger partial charge in [-0.05, 0) is 35.9 Å². The predicted molar refractivity (Wildman–Crippen MR) is 82.3 cm³/mol. The van der Waals surface area contributed by atoms with Gasteiger partial charge in [0.1, 0.15) is 5.82 Å². The quantitative estimate of drug-likeness (QED) is 0.914. The molecule has 2 aromatic carbocycles. The zero-order chi connectivity index (χ0) is 14.1. The lowest BCUT2D eigenvalue weighted by molar-refractivity contribution is 0.620. The van der Waals surface area contributed by atoms with Crippen molar-refractivity contribution in [1.82, 2.24) is 0 Å². The Kier molecular flexibility index (Phi) is 3.44. The van der Waals surface area contributed by atoms with Crippen LogP contribution in [0.2, 0.25) is 0 Å². The summed E-state index contributed by atoms with van der Waals surface area (Å²) in [7, 11) is 0. The molecule has 0 aromatic heterocycles. The van der Waals surface area contributed by atoms with E-state index in [0.29, 0.717) is 12.5 Å². The average molecular weight is 334 g/mol. The van der Waals surface area contributed by atoms with E-state index >= 15 is 0 Å². The molecule has 0 bridgehead atoms. The highest BCUT2D eigenvalue weighted by atomic mass is 79.9. The van der Waals surface area contributed by atoms with E-state index in [0.717, 1.165) is 15.7 Å². The second-order valence-electron chi connectivity index (χ2n) is 4.59. The van der Waals surface area contributed by atoms with Crippen LogP contribution in [0.1, 0.15) is 11.6 Å². The van der Waals surface area contributed by atoms with E-state index in [9.17, 15) is 4.39 Å². The van der Waals surface area contributed by atoms with Gasteiger partial charge in [-0.3, -0.25) is 4.99 Å². The Morgan fingerprint density at radius 2 is 1.95 bits per heavy atom. The van der Waals surface area contributed by atoms with E-state index in [1.54, 1.807) is 6.07 Å². The zero-order valence-electron chi connectivity index (χ0n) is 10.6. The zero-order valence-corrected chi connectivity index (χ0v) is 12.2. The van der Waals surface area contributed by atoms with Gasteiger partial charge in [0, 0.05) is 10.2 Å². The van der Waals surface area contributed by atoms with E-state index in [2.05, 4.69) is 20.9 Å². The van der Waals surface area contributed by atoms with Gasteiger partial charge in [0.05, 0.1) is 12.6 Å². The smallest absolute Gasteiger partial charge is 0.196 e. The van der Waals surface area contributed by atoms with Gasteiger partial charge in [-0.1, -0.05) is 34.1 Å². The third-order valence-corrected chi connectivity index (χ3v) is 4.06. The van der Waals surface area contributed by atoms with Crippen molar-refractivity contribution < 1.29 is 4.39 Å². The summed E-state index contributed by atoms with van der Waals surface area (Å²) in [4.78, 5) is 6.23. The van der Waals surface area contributed by atoms with E-state index in [1.165, 1.54) is 12.1 Å². The second kappa shape index (κ2) is 5.25. The lowest BCUT2D eigenvalue weighted by Crippen LogP contribution is -2.36. The summed E-state index contributed by atoms with van der Waals surface area (Å²) in [5.74, 6) is 0.194. The number of anilines is 1. The predicted octanol–water partition coefficient (Wildman–Crippen LogP) is 3.46. The molecule has 2 aromatic rings. The number of nitrogens with zero attached hydrogens (tertiary/aromatic N) is 2. The van der Waals surface area contributed by atoms with Crippen molar-refractivity contribution >= 4 is 27.6 Å². The summed E-state index contributed by atoms with van der Waals surface area (Å²) >= 11 is 3.48. The first kappa shape index (κ1) is 13.1. The molecule has 1 aliphatic heterocycles. The number of guanidine groups is 1. The van der Waals surface area contributed by atoms with E-state index in [-0.39, 0.29) is 11.9 Å². The molecule has 0 saturated heterocycles. The van der Waals surface area contributed by atoms with Gasteiger partial charge in [-0.15, -0.1) is 0 Å². The summed E-state index contributed by atoms with van der Waals surface area (Å²) in [6.07, 6.45) is 0. The Bertz CT molecular complexity index is 657. The third kappa shape index (κ3) is 2.29. The monoisotopic (exact) mass is 333 g/mol. The molecule has 0 aliphatic carbocycles. The number of hydrogen-bond donors (Lipinski definition) is 1. The number of nitrogens with two attached hydrogens (primary N) is 1. The van der Waals surface area contributed by atoms with Gasteiger partial charge in [-0.25, -0.2) is 4.39 Å². The maximum absolute atomic E-state index is 13.5. The standard InChI is InChI=1S/C15H13BrFN3/c16-13-7-6-10(17)8-12(13)14-9-19-15(18)20(14)11-4-2-1-3-5-11/h1-8,14H,9H2,(H2,18,19). The van der Waals surface area contributed by atoms with Crippen LogP contribution in [-0.4, -0.2) is 12.5 Å². The lowest BCUT2D eigenvalue weighted by atomic mass is 10.1. The molecular formula is C15H13BrFN3. The third-order valence-electron chi connectivity index (χ3n) is 3.34. The molecule has 1 heterocycles. The van der Waals surface area contributed by atoms with Crippen molar-refractivity contribution in [2.45, 2.75) is 6.04 Å². The van der Waals surface area contributed by atoms with Gasteiger partial charge in [0.25, 0.3) is 0 Å². The number of hydrogen-bond acceptors (Lipinski definition) is 3. The Hall–Kier alpha value is -1.88. The molecule has 1 unspecified atom stereocenters. The maximum Gasteiger partial charge on any atom is 0.196 e. The van der Waals surface area contributed by atoms with Crippen LogP contribution in [0.4, 0.5) is 10.1 Å². The number of aliphatic imine (C=N–C) groups is 1. The molecule has 1 aliphatic rings. The molecule has 2 N–H and O–H groups in total. The highest BCUT2D eigenvalue weighted by Crippen LogP contribution is 2.34. The van der Waals surface area contributed by atoms with Crippen LogP contribution in [0.15, 0.2) is 58.0 Å². The van der Waals surface area contributed by atoms with Gasteiger partial charge >= 0.3 is 0 Å². The Balaban J connectivity index is 2.04. The molecular weight excluding hydrogens is 321 g/mol. The molecule has 20 heavy (non-hydrogen) atoms. The van der Waals surface area contributed by atoms with Gasteiger partial charge < -0.3 is 10.6 Å². The normalized spacial score (nSPS) is 18.2. The SMILES string of the molecule is NC1=NCC(c2cc(F)ccc2Br)N1c1ccccc1. The summed E-state index contributed by atoms with van der Waals surface area (Å²) < 4.78 is 14.4. The minimum absolute atomic E-state index is 0.0949. The fourth-order valence-corrected chi connectivity index (χ4v) is 2.92. The van der Waals surface area contributed by atoms with Crippen molar-refractivity contribution in [3.63, 3.8) is 0 Å². The topological polar surface area (TPSA) is 41.6 Å². The molecule has 102 valence electrons. The highest BCUT2D eigenvalue weighted by Gasteiger charge is 2.30. The molecule has 0 fully saturated rings. The Morgan fingerprint density at radius 3 is 2.70 bits per heavy atom. The maximum atomic E-state index is 13.5. The fourth-order valence-electron chi connectivity index (χ4n) is 2.41. The summed E-state index contributed by atoms with van der Waals surface area (Å²) in [5.41, 5.74) is 7.79. The Morgan fingerprint density at radius 1 is 1.20 bits per heavy atom. The van der Waals surface area contributed by atoms with Gasteiger partial charge in [0.2, 0.25) is 0 Å². The summed E-state index contributed by atoms with van der Waals surface area (Å²) in [6.45, 7) is 0.517. The van der Waals surface area contributed by atoms with Gasteiger partial charge in [-0.2, -0.15) is 0 Å². The average Bonchev–Trinajstić information content (AvgIpc) is 2.84. The lowest BCUT2D eigenvalue weighted by Gasteiger charge is -2.27. The molecule has 3 rings (SSSR count). The molecule has 0 radical (unpaired) electrons. The van der Waals surface area contributed by atoms with Crippen molar-refractivity contribution in [2.24, 2.45) is 10.7 Å². The summed E-state index contributed by atoms with van der Waals surface area (Å²) in [6, 6.07) is 14.3. The molecule has 3 nitrogen and oxygen atoms in total. The highest BCUT2D eigenvalue weighted by molar-refractivity contribution is 9.10. The minimum Gasteiger partial charge on any atom is -0.369 e. The first-order valence-electron chi connectivity index (χ1n) is 6.26. The second-order valence-corrected chi connectivity index (χ2v) is 5.44. The minimum atomic E-state index is -0.262. The van der Waals surface area contributed by atoms with E-state index < -0.39 is 0 Å². The number of benzene rings is 2. The van der Waals surface area contributed by atoms with Crippen LogP contribution in [-0.2, 0) is 0 Å². The van der Waals surface area contributed by atoms with Crippen LogP contribution in [0, 0.1) is 5.82 Å². The number of rotatable bonds is 2. The van der Waals surface area contributed by atoms with Crippen molar-refractivity contribution in [2.75, 3.05) is 11.4 Å². The van der Waals surface area contributed by atoms with Crippen molar-refractivity contribution in [1.29, 1.82) is 0 Å². The molecule has 1 atom stereocenters.